The summed E-state index contributed by atoms with van der Waals surface area (Å²) in [6.07, 6.45) is 4.48. The Morgan fingerprint density at radius 1 is 0.857 bits per heavy atom. The Hall–Kier alpha value is -3.75. The van der Waals surface area contributed by atoms with E-state index in [-0.39, 0.29) is 17.2 Å². The average molecular weight is 613 g/mol. The molecule has 1 unspecified atom stereocenters. The molecular formula is C32H35Cl2N3O5. The van der Waals surface area contributed by atoms with Gasteiger partial charge in [-0.25, -0.2) is 9.59 Å². The van der Waals surface area contributed by atoms with Gasteiger partial charge in [-0.1, -0.05) is 84.9 Å². The molecule has 1 aliphatic rings. The molecule has 1 atom stereocenters. The fourth-order valence-electron chi connectivity index (χ4n) is 5.00. The molecule has 8 nitrogen and oxygen atoms in total. The minimum Gasteiger partial charge on any atom is -0.477 e. The zero-order chi connectivity index (χ0) is 30.1. The van der Waals surface area contributed by atoms with Gasteiger partial charge in [-0.3, -0.25) is 5.10 Å². The van der Waals surface area contributed by atoms with E-state index in [0.29, 0.717) is 46.5 Å². The lowest BCUT2D eigenvalue weighted by molar-refractivity contribution is -0.139. The van der Waals surface area contributed by atoms with Gasteiger partial charge in [-0.15, -0.1) is 5.10 Å². The highest BCUT2D eigenvalue weighted by atomic mass is 35.5. The van der Waals surface area contributed by atoms with E-state index in [0.717, 1.165) is 36.9 Å². The van der Waals surface area contributed by atoms with E-state index in [1.54, 1.807) is 32.0 Å². The number of unbranched alkanes of at least 4 members (excludes halogenated alkanes) is 4. The first-order valence-corrected chi connectivity index (χ1v) is 14.7. The van der Waals surface area contributed by atoms with Crippen LogP contribution in [0.25, 0.3) is 11.3 Å². The number of allylic oxidation sites excluding steroid dienone is 2. The lowest BCUT2D eigenvalue weighted by Gasteiger charge is -2.30. The summed E-state index contributed by atoms with van der Waals surface area (Å²) in [5.41, 5.74) is 4.26. The number of esters is 2. The van der Waals surface area contributed by atoms with Crippen LogP contribution in [0.3, 0.4) is 0 Å². The molecule has 2 aromatic carbocycles. The van der Waals surface area contributed by atoms with E-state index in [4.69, 9.17) is 37.4 Å². The first-order chi connectivity index (χ1) is 20.3. The molecule has 222 valence electrons. The van der Waals surface area contributed by atoms with Crippen LogP contribution in [0.15, 0.2) is 77.1 Å². The van der Waals surface area contributed by atoms with Gasteiger partial charge in [0.2, 0.25) is 5.88 Å². The van der Waals surface area contributed by atoms with E-state index in [9.17, 15) is 9.59 Å². The second-order valence-corrected chi connectivity index (χ2v) is 10.8. The summed E-state index contributed by atoms with van der Waals surface area (Å²) in [6.45, 7) is 4.36. The third-order valence-corrected chi connectivity index (χ3v) is 7.92. The van der Waals surface area contributed by atoms with Crippen LogP contribution in [0.4, 0.5) is 0 Å². The number of benzene rings is 2. The molecule has 0 fully saturated rings. The summed E-state index contributed by atoms with van der Waals surface area (Å²) in [5, 5.41) is 10.9. The van der Waals surface area contributed by atoms with Crippen molar-refractivity contribution in [2.45, 2.75) is 51.9 Å². The van der Waals surface area contributed by atoms with Gasteiger partial charge in [0, 0.05) is 17.5 Å². The number of carbonyl (C=O) groups is 2. The van der Waals surface area contributed by atoms with Crippen molar-refractivity contribution in [3.63, 3.8) is 0 Å². The Morgan fingerprint density at radius 2 is 1.52 bits per heavy atom. The molecule has 0 saturated heterocycles. The second kappa shape index (κ2) is 14.9. The number of dihydropyridines is 1. The topological polar surface area (TPSA) is 103 Å². The molecule has 2 heterocycles. The van der Waals surface area contributed by atoms with E-state index >= 15 is 0 Å². The number of ether oxygens (including phenoxy) is 3. The monoisotopic (exact) mass is 611 g/mol. The molecule has 1 aromatic heterocycles. The highest BCUT2D eigenvalue weighted by Crippen LogP contribution is 2.43. The van der Waals surface area contributed by atoms with Crippen molar-refractivity contribution in [3.05, 3.63) is 92.7 Å². The van der Waals surface area contributed by atoms with Gasteiger partial charge in [-0.05, 0) is 43.9 Å². The van der Waals surface area contributed by atoms with Crippen LogP contribution in [0.5, 0.6) is 5.88 Å². The van der Waals surface area contributed by atoms with Gasteiger partial charge >= 0.3 is 11.9 Å². The van der Waals surface area contributed by atoms with Crippen molar-refractivity contribution in [2.75, 3.05) is 20.3 Å². The number of nitrogens with zero attached hydrogens (tertiary/aromatic N) is 1. The molecule has 1 aliphatic heterocycles. The van der Waals surface area contributed by atoms with Gasteiger partial charge in [0.25, 0.3) is 0 Å². The molecule has 42 heavy (non-hydrogen) atoms. The van der Waals surface area contributed by atoms with Crippen LogP contribution in [0.2, 0.25) is 10.0 Å². The van der Waals surface area contributed by atoms with E-state index in [2.05, 4.69) is 15.5 Å². The molecule has 0 bridgehead atoms. The third kappa shape index (κ3) is 7.55. The molecule has 0 saturated carbocycles. The number of H-pyrrole nitrogens is 1. The van der Waals surface area contributed by atoms with Gasteiger partial charge < -0.3 is 19.5 Å². The van der Waals surface area contributed by atoms with Crippen LogP contribution in [0, 0.1) is 0 Å². The van der Waals surface area contributed by atoms with Crippen molar-refractivity contribution in [1.82, 2.24) is 15.5 Å². The van der Waals surface area contributed by atoms with Crippen LogP contribution >= 0.6 is 23.2 Å². The number of rotatable bonds is 13. The average Bonchev–Trinajstić information content (AvgIpc) is 3.46. The van der Waals surface area contributed by atoms with E-state index in [1.807, 2.05) is 36.4 Å². The number of aromatic amines is 1. The van der Waals surface area contributed by atoms with Crippen LogP contribution in [-0.4, -0.2) is 42.5 Å². The van der Waals surface area contributed by atoms with Crippen LogP contribution < -0.4 is 10.1 Å². The SMILES string of the molecule is COC(=O)C1=C(C)NC(C)=C(C(=O)OCCCCCCCOc2cc(-c3ccccc3)[nH]n2)C1c1cccc(Cl)c1Cl. The van der Waals surface area contributed by atoms with Crippen molar-refractivity contribution >= 4 is 35.1 Å². The Bertz CT molecular complexity index is 1470. The predicted octanol–water partition coefficient (Wildman–Crippen LogP) is 7.36. The quantitative estimate of drug-likeness (QED) is 0.154. The summed E-state index contributed by atoms with van der Waals surface area (Å²) in [4.78, 5) is 26.2. The van der Waals surface area contributed by atoms with Gasteiger partial charge in [-0.2, -0.15) is 0 Å². The molecule has 0 spiro atoms. The zero-order valence-electron chi connectivity index (χ0n) is 24.0. The standard InChI is InChI=1S/C32H35Cl2N3O5/c1-20-27(31(38)40-3)29(23-15-12-16-24(33)30(23)34)28(21(2)35-20)32(39)42-18-11-6-4-5-10-17-41-26-19-25(36-37-26)22-13-8-7-9-14-22/h7-9,12-16,19,29,35H,4-6,10-11,17-18H2,1-3H3,(H,36,37). The fraction of sp³-hybridized carbons (Fsp3) is 0.344. The lowest BCUT2D eigenvalue weighted by Crippen LogP contribution is -2.32. The minimum atomic E-state index is -0.782. The lowest BCUT2D eigenvalue weighted by atomic mass is 9.80. The number of hydrogen-bond donors (Lipinski definition) is 2. The van der Waals surface area contributed by atoms with Crippen LogP contribution in [-0.2, 0) is 19.1 Å². The summed E-state index contributed by atoms with van der Waals surface area (Å²) < 4.78 is 16.5. The minimum absolute atomic E-state index is 0.258. The summed E-state index contributed by atoms with van der Waals surface area (Å²) in [6, 6.07) is 17.0. The number of aromatic nitrogens is 2. The maximum absolute atomic E-state index is 13.4. The molecule has 0 radical (unpaired) electrons. The van der Waals surface area contributed by atoms with Gasteiger partial charge in [0.05, 0.1) is 53.1 Å². The largest absolute Gasteiger partial charge is 0.477 e. The Kier molecular flexibility index (Phi) is 11.1. The summed E-state index contributed by atoms with van der Waals surface area (Å²) in [7, 11) is 1.30. The predicted molar refractivity (Wildman–Crippen MR) is 163 cm³/mol. The Labute approximate surface area is 256 Å². The zero-order valence-corrected chi connectivity index (χ0v) is 25.5. The first-order valence-electron chi connectivity index (χ1n) is 13.9. The molecule has 4 rings (SSSR count). The number of nitrogens with one attached hydrogen (secondary N) is 2. The van der Waals surface area contributed by atoms with Crippen molar-refractivity contribution in [3.8, 4) is 17.1 Å². The van der Waals surface area contributed by atoms with Crippen molar-refractivity contribution < 1.29 is 23.8 Å². The smallest absolute Gasteiger partial charge is 0.336 e. The number of methoxy groups -OCH3 is 1. The molecule has 0 aliphatic carbocycles. The maximum atomic E-state index is 13.4. The molecule has 2 N–H and O–H groups in total. The fourth-order valence-corrected chi connectivity index (χ4v) is 5.41. The Balaban J connectivity index is 1.25. The highest BCUT2D eigenvalue weighted by Gasteiger charge is 2.39. The molecular weight excluding hydrogens is 577 g/mol. The van der Waals surface area contributed by atoms with Crippen molar-refractivity contribution in [2.24, 2.45) is 0 Å². The van der Waals surface area contributed by atoms with Crippen LogP contribution in [0.1, 0.15) is 57.4 Å². The van der Waals surface area contributed by atoms with Gasteiger partial charge in [0.15, 0.2) is 0 Å². The third-order valence-electron chi connectivity index (χ3n) is 7.09. The maximum Gasteiger partial charge on any atom is 0.336 e. The summed E-state index contributed by atoms with van der Waals surface area (Å²) in [5.74, 6) is -1.28. The first kappa shape index (κ1) is 31.2. The van der Waals surface area contributed by atoms with Crippen molar-refractivity contribution in [1.29, 1.82) is 0 Å². The second-order valence-electron chi connectivity index (χ2n) is 10.0. The molecule has 3 aromatic rings. The number of hydrogen-bond acceptors (Lipinski definition) is 7. The highest BCUT2D eigenvalue weighted by molar-refractivity contribution is 6.42. The summed E-state index contributed by atoms with van der Waals surface area (Å²) >= 11 is 12.8. The van der Waals surface area contributed by atoms with E-state index in [1.165, 1.54) is 7.11 Å². The van der Waals surface area contributed by atoms with E-state index < -0.39 is 17.9 Å². The number of halogens is 2. The van der Waals surface area contributed by atoms with Gasteiger partial charge in [0.1, 0.15) is 0 Å². The molecule has 0 amide bonds. The Morgan fingerprint density at radius 3 is 2.24 bits per heavy atom. The normalized spacial score (nSPS) is 14.9. The molecule has 10 heteroatoms. The number of carbonyl (C=O) groups excluding carboxylic acids is 2.